The van der Waals surface area contributed by atoms with Gasteiger partial charge in [-0.2, -0.15) is 0 Å². The number of para-hydroxylation sites is 1. The summed E-state index contributed by atoms with van der Waals surface area (Å²) in [6.07, 6.45) is 0. The number of primary amides is 1. The van der Waals surface area contributed by atoms with Crippen LogP contribution in [0.5, 0.6) is 5.75 Å². The molecule has 2 aromatic rings. The fourth-order valence-corrected chi connectivity index (χ4v) is 2.09. The monoisotopic (exact) mass is 300 g/mol. The largest absolute Gasteiger partial charge is 0.488 e. The molecule has 0 fully saturated rings. The van der Waals surface area contributed by atoms with E-state index in [0.717, 1.165) is 16.7 Å². The third-order valence-electron chi connectivity index (χ3n) is 3.16. The maximum Gasteiger partial charge on any atom is 0.252 e. The first-order valence-electron chi connectivity index (χ1n) is 6.40. The molecule has 5 heteroatoms. The van der Waals surface area contributed by atoms with Crippen LogP contribution in [0.15, 0.2) is 42.5 Å². The minimum Gasteiger partial charge on any atom is -0.488 e. The number of thiocarbonyl (C=S) groups is 1. The van der Waals surface area contributed by atoms with E-state index in [0.29, 0.717) is 22.9 Å². The normalized spacial score (nSPS) is 10.1. The zero-order valence-corrected chi connectivity index (χ0v) is 12.4. The molecule has 0 aliphatic heterocycles. The van der Waals surface area contributed by atoms with Crippen LogP contribution >= 0.6 is 12.2 Å². The number of benzene rings is 2. The highest BCUT2D eigenvalue weighted by Gasteiger charge is 2.09. The molecule has 0 heterocycles. The summed E-state index contributed by atoms with van der Waals surface area (Å²) >= 11 is 4.95. The van der Waals surface area contributed by atoms with Crippen molar-refractivity contribution in [1.29, 1.82) is 0 Å². The minimum absolute atomic E-state index is 0.341. The molecular formula is C16H16N2O2S. The lowest BCUT2D eigenvalue weighted by Gasteiger charge is -2.12. The van der Waals surface area contributed by atoms with E-state index in [4.69, 9.17) is 28.4 Å². The van der Waals surface area contributed by atoms with Crippen LogP contribution in [-0.2, 0) is 6.61 Å². The summed E-state index contributed by atoms with van der Waals surface area (Å²) in [6.45, 7) is 2.30. The Balaban J connectivity index is 2.17. The smallest absolute Gasteiger partial charge is 0.252 e. The number of amides is 1. The SMILES string of the molecule is Cc1cc(C(N)=S)ccc1COc1ccccc1C(N)=O. The Morgan fingerprint density at radius 2 is 1.90 bits per heavy atom. The summed E-state index contributed by atoms with van der Waals surface area (Å²) in [5.41, 5.74) is 14.1. The molecule has 4 nitrogen and oxygen atoms in total. The van der Waals surface area contributed by atoms with E-state index < -0.39 is 5.91 Å². The van der Waals surface area contributed by atoms with Crippen molar-refractivity contribution in [2.75, 3.05) is 0 Å². The molecule has 0 unspecified atom stereocenters. The summed E-state index contributed by atoms with van der Waals surface area (Å²) < 4.78 is 5.70. The standard InChI is InChI=1S/C16H16N2O2S/c1-10-8-11(16(18)21)6-7-12(10)9-20-14-5-3-2-4-13(14)15(17)19/h2-8H,9H2,1H3,(H2,17,19)(H2,18,21). The third kappa shape index (κ3) is 3.58. The molecule has 0 radical (unpaired) electrons. The summed E-state index contributed by atoms with van der Waals surface area (Å²) in [5.74, 6) is -0.0334. The Morgan fingerprint density at radius 3 is 2.52 bits per heavy atom. The number of hydrogen-bond donors (Lipinski definition) is 2. The molecule has 0 bridgehead atoms. The first kappa shape index (κ1) is 15.0. The number of aryl methyl sites for hydroxylation is 1. The number of rotatable bonds is 5. The second-order valence-electron chi connectivity index (χ2n) is 4.65. The van der Waals surface area contributed by atoms with Crippen LogP contribution in [0, 0.1) is 6.92 Å². The molecule has 2 aromatic carbocycles. The van der Waals surface area contributed by atoms with Crippen molar-refractivity contribution >= 4 is 23.1 Å². The second kappa shape index (κ2) is 6.37. The Labute approximate surface area is 128 Å². The van der Waals surface area contributed by atoms with E-state index in [9.17, 15) is 4.79 Å². The molecule has 0 aliphatic carbocycles. The molecule has 0 aliphatic rings. The maximum atomic E-state index is 11.3. The Bertz CT molecular complexity index is 698. The average molecular weight is 300 g/mol. The van der Waals surface area contributed by atoms with Crippen molar-refractivity contribution in [2.45, 2.75) is 13.5 Å². The van der Waals surface area contributed by atoms with Gasteiger partial charge in [0.25, 0.3) is 5.91 Å². The molecule has 2 rings (SSSR count). The molecule has 21 heavy (non-hydrogen) atoms. The number of nitrogens with two attached hydrogens (primary N) is 2. The van der Waals surface area contributed by atoms with Crippen LogP contribution in [0.25, 0.3) is 0 Å². The molecule has 108 valence electrons. The average Bonchev–Trinajstić information content (AvgIpc) is 2.46. The zero-order valence-electron chi connectivity index (χ0n) is 11.6. The molecule has 0 atom stereocenters. The van der Waals surface area contributed by atoms with E-state index in [1.54, 1.807) is 24.3 Å². The van der Waals surface area contributed by atoms with Crippen molar-refractivity contribution in [3.8, 4) is 5.75 Å². The molecule has 0 saturated heterocycles. The number of ether oxygens (including phenoxy) is 1. The first-order valence-corrected chi connectivity index (χ1v) is 6.81. The van der Waals surface area contributed by atoms with Gasteiger partial charge in [-0.15, -0.1) is 0 Å². The van der Waals surface area contributed by atoms with Gasteiger partial charge in [0.05, 0.1) is 5.56 Å². The molecule has 0 spiro atoms. The van der Waals surface area contributed by atoms with Gasteiger partial charge in [-0.1, -0.05) is 36.5 Å². The fourth-order valence-electron chi connectivity index (χ4n) is 1.96. The second-order valence-corrected chi connectivity index (χ2v) is 5.09. The van der Waals surface area contributed by atoms with Gasteiger partial charge >= 0.3 is 0 Å². The lowest BCUT2D eigenvalue weighted by molar-refractivity contribution is 0.0996. The van der Waals surface area contributed by atoms with E-state index in [1.165, 1.54) is 0 Å². The van der Waals surface area contributed by atoms with E-state index in [2.05, 4.69) is 0 Å². The van der Waals surface area contributed by atoms with E-state index >= 15 is 0 Å². The van der Waals surface area contributed by atoms with Crippen molar-refractivity contribution < 1.29 is 9.53 Å². The van der Waals surface area contributed by atoms with Crippen LogP contribution < -0.4 is 16.2 Å². The molecule has 0 aromatic heterocycles. The minimum atomic E-state index is -0.508. The van der Waals surface area contributed by atoms with Gasteiger partial charge in [-0.05, 0) is 36.2 Å². The van der Waals surface area contributed by atoms with E-state index in [1.807, 2.05) is 25.1 Å². The fraction of sp³-hybridized carbons (Fsp3) is 0.125. The molecular weight excluding hydrogens is 284 g/mol. The van der Waals surface area contributed by atoms with Crippen LogP contribution in [0.2, 0.25) is 0 Å². The van der Waals surface area contributed by atoms with Gasteiger partial charge in [0.1, 0.15) is 17.3 Å². The summed E-state index contributed by atoms with van der Waals surface area (Å²) in [4.78, 5) is 11.7. The quantitative estimate of drug-likeness (QED) is 0.831. The Morgan fingerprint density at radius 1 is 1.19 bits per heavy atom. The van der Waals surface area contributed by atoms with Crippen LogP contribution in [0.1, 0.15) is 27.0 Å². The van der Waals surface area contributed by atoms with E-state index in [-0.39, 0.29) is 0 Å². The van der Waals surface area contributed by atoms with Gasteiger partial charge < -0.3 is 16.2 Å². The van der Waals surface area contributed by atoms with Gasteiger partial charge in [-0.25, -0.2) is 0 Å². The summed E-state index contributed by atoms with van der Waals surface area (Å²) in [5, 5.41) is 0. The van der Waals surface area contributed by atoms with Gasteiger partial charge in [0.15, 0.2) is 0 Å². The maximum absolute atomic E-state index is 11.3. The van der Waals surface area contributed by atoms with Gasteiger partial charge in [0.2, 0.25) is 0 Å². The van der Waals surface area contributed by atoms with Gasteiger partial charge in [0, 0.05) is 5.56 Å². The number of carbonyl (C=O) groups excluding carboxylic acids is 1. The molecule has 4 N–H and O–H groups in total. The van der Waals surface area contributed by atoms with Gasteiger partial charge in [-0.3, -0.25) is 4.79 Å². The highest BCUT2D eigenvalue weighted by molar-refractivity contribution is 7.80. The van der Waals surface area contributed by atoms with Crippen molar-refractivity contribution in [2.24, 2.45) is 11.5 Å². The Kier molecular flexibility index (Phi) is 4.55. The predicted molar refractivity (Wildman–Crippen MR) is 86.4 cm³/mol. The first-order chi connectivity index (χ1) is 9.99. The summed E-state index contributed by atoms with van der Waals surface area (Å²) in [6, 6.07) is 12.6. The Hall–Kier alpha value is -2.40. The number of carbonyl (C=O) groups is 1. The van der Waals surface area contributed by atoms with Crippen molar-refractivity contribution in [3.05, 3.63) is 64.7 Å². The number of hydrogen-bond acceptors (Lipinski definition) is 3. The lowest BCUT2D eigenvalue weighted by Crippen LogP contribution is -2.13. The molecule has 1 amide bonds. The highest BCUT2D eigenvalue weighted by Crippen LogP contribution is 2.20. The third-order valence-corrected chi connectivity index (χ3v) is 3.40. The molecule has 0 saturated carbocycles. The highest BCUT2D eigenvalue weighted by atomic mass is 32.1. The zero-order chi connectivity index (χ0) is 15.4. The lowest BCUT2D eigenvalue weighted by atomic mass is 10.1. The summed E-state index contributed by atoms with van der Waals surface area (Å²) in [7, 11) is 0. The predicted octanol–water partition coefficient (Wildman–Crippen LogP) is 2.31. The van der Waals surface area contributed by atoms with Crippen LogP contribution in [0.3, 0.4) is 0 Å². The van der Waals surface area contributed by atoms with Crippen molar-refractivity contribution in [1.82, 2.24) is 0 Å². The van der Waals surface area contributed by atoms with Crippen molar-refractivity contribution in [3.63, 3.8) is 0 Å². The van der Waals surface area contributed by atoms with Crippen LogP contribution in [-0.4, -0.2) is 10.9 Å². The van der Waals surface area contributed by atoms with Crippen LogP contribution in [0.4, 0.5) is 0 Å². The topological polar surface area (TPSA) is 78.3 Å².